The van der Waals surface area contributed by atoms with Gasteiger partial charge in [-0.3, -0.25) is 0 Å². The van der Waals surface area contributed by atoms with Gasteiger partial charge in [0.05, 0.1) is 38.1 Å². The van der Waals surface area contributed by atoms with E-state index < -0.39 is 0 Å². The van der Waals surface area contributed by atoms with Crippen LogP contribution in [-0.2, 0) is 4.74 Å². The van der Waals surface area contributed by atoms with Crippen molar-refractivity contribution in [1.29, 1.82) is 0 Å². The van der Waals surface area contributed by atoms with Gasteiger partial charge in [-0.05, 0) is 69.0 Å². The van der Waals surface area contributed by atoms with Gasteiger partial charge in [-0.25, -0.2) is 4.68 Å². The fourth-order valence-corrected chi connectivity index (χ4v) is 5.08. The first-order valence-corrected chi connectivity index (χ1v) is 11.7. The number of aromatic nitrogens is 4. The van der Waals surface area contributed by atoms with E-state index in [9.17, 15) is 5.11 Å². The molecular formula is C24H32N6O3. The number of piperidine rings is 1. The standard InChI is InChI=1S/C24H32N6O3/c1-15-10-18-13-26-30(20(18)11-19(15)17-4-6-25-7-5-17)23-12-22(27-24(28-23)32-3)29-8-9-33-21(14-31)16(29)2/h10-13,16-17,21,25,31H,4-9,14H2,1-3H3. The first kappa shape index (κ1) is 22.1. The molecule has 2 aromatic heterocycles. The third-order valence-electron chi connectivity index (χ3n) is 6.98. The van der Waals surface area contributed by atoms with Crippen LogP contribution in [0.15, 0.2) is 24.4 Å². The minimum absolute atomic E-state index is 0.0280. The van der Waals surface area contributed by atoms with Crippen molar-refractivity contribution in [3.8, 4) is 11.8 Å². The zero-order valence-corrected chi connectivity index (χ0v) is 19.5. The Hall–Kier alpha value is -2.75. The van der Waals surface area contributed by atoms with E-state index in [1.807, 2.05) is 23.9 Å². The summed E-state index contributed by atoms with van der Waals surface area (Å²) < 4.78 is 13.0. The van der Waals surface area contributed by atoms with Crippen LogP contribution in [0.25, 0.3) is 16.7 Å². The fraction of sp³-hybridized carbons (Fsp3) is 0.542. The van der Waals surface area contributed by atoms with E-state index in [1.54, 1.807) is 7.11 Å². The molecule has 0 amide bonds. The van der Waals surface area contributed by atoms with Gasteiger partial charge in [-0.15, -0.1) is 0 Å². The van der Waals surface area contributed by atoms with Gasteiger partial charge in [0, 0.05) is 18.0 Å². The average Bonchev–Trinajstić information content (AvgIpc) is 3.26. The summed E-state index contributed by atoms with van der Waals surface area (Å²) in [6.07, 6.45) is 3.92. The maximum absolute atomic E-state index is 9.68. The molecule has 0 spiro atoms. The number of rotatable bonds is 5. The lowest BCUT2D eigenvalue weighted by Crippen LogP contribution is -2.51. The molecule has 2 aliphatic heterocycles. The Kier molecular flexibility index (Phi) is 6.18. The van der Waals surface area contributed by atoms with Crippen molar-refractivity contribution in [2.75, 3.05) is 44.9 Å². The molecule has 2 N–H and O–H groups in total. The fourth-order valence-electron chi connectivity index (χ4n) is 5.08. The van der Waals surface area contributed by atoms with Crippen molar-refractivity contribution >= 4 is 16.7 Å². The lowest BCUT2D eigenvalue weighted by atomic mass is 9.87. The molecule has 2 fully saturated rings. The molecule has 2 atom stereocenters. The zero-order chi connectivity index (χ0) is 22.9. The summed E-state index contributed by atoms with van der Waals surface area (Å²) >= 11 is 0. The quantitative estimate of drug-likeness (QED) is 0.608. The Labute approximate surface area is 193 Å². The summed E-state index contributed by atoms with van der Waals surface area (Å²) in [6.45, 7) is 7.51. The second-order valence-electron chi connectivity index (χ2n) is 8.95. The van der Waals surface area contributed by atoms with Gasteiger partial charge in [0.2, 0.25) is 0 Å². The summed E-state index contributed by atoms with van der Waals surface area (Å²) in [5.74, 6) is 1.95. The molecule has 176 valence electrons. The van der Waals surface area contributed by atoms with Crippen molar-refractivity contribution in [2.24, 2.45) is 0 Å². The number of methoxy groups -OCH3 is 1. The topological polar surface area (TPSA) is 97.6 Å². The molecule has 2 unspecified atom stereocenters. The normalized spacial score (nSPS) is 22.1. The highest BCUT2D eigenvalue weighted by Gasteiger charge is 2.30. The van der Waals surface area contributed by atoms with E-state index in [-0.39, 0.29) is 24.8 Å². The summed E-state index contributed by atoms with van der Waals surface area (Å²) in [5.41, 5.74) is 3.73. The van der Waals surface area contributed by atoms with Crippen LogP contribution < -0.4 is 15.0 Å². The number of nitrogens with zero attached hydrogens (tertiary/aromatic N) is 5. The first-order chi connectivity index (χ1) is 16.1. The molecule has 9 nitrogen and oxygen atoms in total. The van der Waals surface area contributed by atoms with Crippen LogP contribution in [0.3, 0.4) is 0 Å². The Morgan fingerprint density at radius 3 is 2.73 bits per heavy atom. The van der Waals surface area contributed by atoms with Crippen molar-refractivity contribution in [3.05, 3.63) is 35.5 Å². The second-order valence-corrected chi connectivity index (χ2v) is 8.95. The van der Waals surface area contributed by atoms with Crippen LogP contribution in [-0.4, -0.2) is 77.0 Å². The van der Waals surface area contributed by atoms with Crippen LogP contribution in [0.2, 0.25) is 0 Å². The zero-order valence-electron chi connectivity index (χ0n) is 19.5. The Morgan fingerprint density at radius 1 is 1.18 bits per heavy atom. The van der Waals surface area contributed by atoms with Crippen molar-refractivity contribution in [2.45, 2.75) is 44.8 Å². The Balaban J connectivity index is 1.57. The van der Waals surface area contributed by atoms with Crippen molar-refractivity contribution in [1.82, 2.24) is 25.1 Å². The van der Waals surface area contributed by atoms with Crippen molar-refractivity contribution < 1.29 is 14.6 Å². The lowest BCUT2D eigenvalue weighted by Gasteiger charge is -2.39. The molecule has 2 aliphatic rings. The SMILES string of the molecule is COc1nc(N2CCOC(CO)C2C)cc(-n2ncc3cc(C)c(C4CCNCC4)cc32)n1. The highest BCUT2D eigenvalue weighted by molar-refractivity contribution is 5.82. The maximum Gasteiger partial charge on any atom is 0.320 e. The molecule has 0 radical (unpaired) electrons. The molecular weight excluding hydrogens is 420 g/mol. The molecule has 4 heterocycles. The number of aliphatic hydroxyl groups excluding tert-OH is 1. The molecule has 0 saturated carbocycles. The number of fused-ring (bicyclic) bond motifs is 1. The van der Waals surface area contributed by atoms with Crippen LogP contribution in [0.5, 0.6) is 6.01 Å². The monoisotopic (exact) mass is 452 g/mol. The summed E-state index contributed by atoms with van der Waals surface area (Å²) in [5, 5.41) is 18.9. The van der Waals surface area contributed by atoms with Gasteiger partial charge in [0.25, 0.3) is 0 Å². The van der Waals surface area contributed by atoms with Gasteiger partial charge >= 0.3 is 6.01 Å². The number of hydrogen-bond acceptors (Lipinski definition) is 8. The number of nitrogens with one attached hydrogen (secondary N) is 1. The van der Waals surface area contributed by atoms with Gasteiger partial charge in [0.15, 0.2) is 5.82 Å². The highest BCUT2D eigenvalue weighted by atomic mass is 16.5. The van der Waals surface area contributed by atoms with Crippen LogP contribution in [0, 0.1) is 6.92 Å². The largest absolute Gasteiger partial charge is 0.467 e. The van der Waals surface area contributed by atoms with Crippen LogP contribution >= 0.6 is 0 Å². The smallest absolute Gasteiger partial charge is 0.320 e. The summed E-state index contributed by atoms with van der Waals surface area (Å²) in [4.78, 5) is 11.3. The Bertz CT molecular complexity index is 1130. The van der Waals surface area contributed by atoms with Gasteiger partial charge in [-0.1, -0.05) is 0 Å². The predicted molar refractivity (Wildman–Crippen MR) is 126 cm³/mol. The lowest BCUT2D eigenvalue weighted by molar-refractivity contribution is -0.0184. The second kappa shape index (κ2) is 9.24. The molecule has 3 aromatic rings. The minimum atomic E-state index is -0.260. The molecule has 5 rings (SSSR count). The number of morpholine rings is 1. The van der Waals surface area contributed by atoms with Gasteiger partial charge in [-0.2, -0.15) is 15.1 Å². The average molecular weight is 453 g/mol. The third-order valence-corrected chi connectivity index (χ3v) is 6.98. The van der Waals surface area contributed by atoms with E-state index in [0.29, 0.717) is 24.9 Å². The minimum Gasteiger partial charge on any atom is -0.467 e. The van der Waals surface area contributed by atoms with Gasteiger partial charge in [0.1, 0.15) is 11.9 Å². The van der Waals surface area contributed by atoms with E-state index in [4.69, 9.17) is 9.47 Å². The summed E-state index contributed by atoms with van der Waals surface area (Å²) in [7, 11) is 1.57. The molecule has 1 aromatic carbocycles. The van der Waals surface area contributed by atoms with E-state index in [2.05, 4.69) is 44.3 Å². The predicted octanol–water partition coefficient (Wildman–Crippen LogP) is 2.19. The van der Waals surface area contributed by atoms with Crippen molar-refractivity contribution in [3.63, 3.8) is 0 Å². The number of benzene rings is 1. The van der Waals surface area contributed by atoms with Crippen LogP contribution in [0.4, 0.5) is 5.82 Å². The third kappa shape index (κ3) is 4.16. The van der Waals surface area contributed by atoms with E-state index in [1.165, 1.54) is 11.1 Å². The summed E-state index contributed by atoms with van der Waals surface area (Å²) in [6, 6.07) is 6.71. The molecule has 0 bridgehead atoms. The van der Waals surface area contributed by atoms with E-state index in [0.717, 1.165) is 42.7 Å². The Morgan fingerprint density at radius 2 is 1.97 bits per heavy atom. The molecule has 2 saturated heterocycles. The number of aliphatic hydroxyl groups is 1. The van der Waals surface area contributed by atoms with Crippen LogP contribution in [0.1, 0.15) is 36.8 Å². The number of hydrogen-bond donors (Lipinski definition) is 2. The highest BCUT2D eigenvalue weighted by Crippen LogP contribution is 2.32. The number of aryl methyl sites for hydroxylation is 1. The molecule has 9 heteroatoms. The first-order valence-electron chi connectivity index (χ1n) is 11.7. The maximum atomic E-state index is 9.68. The number of anilines is 1. The van der Waals surface area contributed by atoms with Gasteiger partial charge < -0.3 is 24.8 Å². The molecule has 33 heavy (non-hydrogen) atoms. The number of ether oxygens (including phenoxy) is 2. The van der Waals surface area contributed by atoms with E-state index >= 15 is 0 Å². The molecule has 0 aliphatic carbocycles.